The second-order valence-corrected chi connectivity index (χ2v) is 7.84. The largest absolute Gasteiger partial charge is 0.350 e. The van der Waals surface area contributed by atoms with Crippen molar-refractivity contribution in [1.29, 1.82) is 0 Å². The number of nitrogens with zero attached hydrogens (tertiary/aromatic N) is 3. The maximum Gasteiger partial charge on any atom is 0.291 e. The van der Waals surface area contributed by atoms with Gasteiger partial charge in [0.1, 0.15) is 11.6 Å². The molecule has 0 radical (unpaired) electrons. The Kier molecular flexibility index (Phi) is 5.15. The number of fused-ring (bicyclic) bond motifs is 3. The van der Waals surface area contributed by atoms with Crippen LogP contribution in [0.4, 0.5) is 0 Å². The molecule has 1 atom stereocenters. The molecule has 0 saturated heterocycles. The molecule has 2 aromatic carbocycles. The fourth-order valence-electron chi connectivity index (χ4n) is 3.59. The predicted octanol–water partition coefficient (Wildman–Crippen LogP) is 3.49. The summed E-state index contributed by atoms with van der Waals surface area (Å²) in [6.07, 6.45) is 3.72. The number of hydrogen-bond acceptors (Lipinski definition) is 4. The fraction of sp³-hybridized carbons (Fsp3) is 0.227. The van der Waals surface area contributed by atoms with Crippen molar-refractivity contribution in [2.75, 3.05) is 6.26 Å². The van der Waals surface area contributed by atoms with Crippen LogP contribution in [0.25, 0.3) is 21.8 Å². The third-order valence-corrected chi connectivity index (χ3v) is 5.94. The van der Waals surface area contributed by atoms with Crippen molar-refractivity contribution < 1.29 is 4.79 Å². The Morgan fingerprint density at radius 2 is 1.86 bits per heavy atom. The number of benzene rings is 2. The molecule has 7 heteroatoms. The number of hydrogen-bond donors (Lipinski definition) is 1. The number of carbonyl (C=O) groups excluding carboxylic acids is 1. The van der Waals surface area contributed by atoms with Gasteiger partial charge in [-0.2, -0.15) is 5.10 Å². The molecule has 4 aromatic rings. The molecule has 0 bridgehead atoms. The lowest BCUT2D eigenvalue weighted by Crippen LogP contribution is -2.32. The minimum atomic E-state index is -0.544. The summed E-state index contributed by atoms with van der Waals surface area (Å²) in [5.74, 6) is -0.138. The second-order valence-electron chi connectivity index (χ2n) is 6.96. The lowest BCUT2D eigenvalue weighted by atomic mass is 10.2. The van der Waals surface area contributed by atoms with Crippen LogP contribution in [0.5, 0.6) is 0 Å². The Morgan fingerprint density at radius 1 is 1.14 bits per heavy atom. The zero-order chi connectivity index (χ0) is 20.5. The van der Waals surface area contributed by atoms with Crippen molar-refractivity contribution in [2.24, 2.45) is 7.05 Å². The molecule has 0 saturated carbocycles. The van der Waals surface area contributed by atoms with Crippen LogP contribution in [0.15, 0.2) is 64.4 Å². The number of carbonyl (C=O) groups is 1. The van der Waals surface area contributed by atoms with Crippen molar-refractivity contribution in [3.8, 4) is 0 Å². The normalized spacial score (nSPS) is 12.4. The molecular formula is C22H22N4O2S. The molecule has 1 N–H and O–H groups in total. The van der Waals surface area contributed by atoms with Gasteiger partial charge in [-0.05, 0) is 36.9 Å². The molecule has 2 aromatic heterocycles. The van der Waals surface area contributed by atoms with Gasteiger partial charge in [0.05, 0.1) is 11.7 Å². The van der Waals surface area contributed by atoms with Crippen molar-refractivity contribution in [3.05, 3.63) is 70.6 Å². The third kappa shape index (κ3) is 3.42. The molecule has 148 valence electrons. The standard InChI is InChI=1S/C22H22N4O2S/c1-14(21(27)23-12-15-8-10-16(29-3)11-9-15)26-19-7-5-4-6-17(19)18-13-24-25(2)22(28)20(18)26/h4-11,13-14H,12H2,1-3H3,(H,23,27)/t14-/m1/s1. The van der Waals surface area contributed by atoms with Gasteiger partial charge in [-0.25, -0.2) is 4.68 Å². The number of nitrogens with one attached hydrogen (secondary N) is 1. The number of amides is 1. The number of thioether (sulfide) groups is 1. The van der Waals surface area contributed by atoms with Gasteiger partial charge in [0.15, 0.2) is 0 Å². The van der Waals surface area contributed by atoms with Crippen LogP contribution in [-0.4, -0.2) is 26.5 Å². The molecule has 2 heterocycles. The summed E-state index contributed by atoms with van der Waals surface area (Å²) < 4.78 is 3.12. The fourth-order valence-corrected chi connectivity index (χ4v) is 4.00. The van der Waals surface area contributed by atoms with E-state index < -0.39 is 6.04 Å². The quantitative estimate of drug-likeness (QED) is 0.515. The summed E-state index contributed by atoms with van der Waals surface area (Å²) in [4.78, 5) is 27.0. The molecule has 0 aliphatic carbocycles. The van der Waals surface area contributed by atoms with Gasteiger partial charge in [-0.3, -0.25) is 9.59 Å². The Labute approximate surface area is 172 Å². The summed E-state index contributed by atoms with van der Waals surface area (Å²) >= 11 is 1.68. The summed E-state index contributed by atoms with van der Waals surface area (Å²) in [6.45, 7) is 2.26. The van der Waals surface area contributed by atoms with E-state index in [1.54, 1.807) is 25.0 Å². The van der Waals surface area contributed by atoms with E-state index in [9.17, 15) is 9.59 Å². The van der Waals surface area contributed by atoms with Crippen LogP contribution in [0.2, 0.25) is 0 Å². The van der Waals surface area contributed by atoms with Crippen molar-refractivity contribution in [3.63, 3.8) is 0 Å². The molecule has 0 fully saturated rings. The maximum absolute atomic E-state index is 13.0. The predicted molar refractivity (Wildman–Crippen MR) is 117 cm³/mol. The van der Waals surface area contributed by atoms with Crippen LogP contribution in [0.1, 0.15) is 18.5 Å². The highest BCUT2D eigenvalue weighted by atomic mass is 32.2. The molecule has 29 heavy (non-hydrogen) atoms. The monoisotopic (exact) mass is 406 g/mol. The van der Waals surface area contributed by atoms with E-state index in [1.165, 1.54) is 9.58 Å². The second kappa shape index (κ2) is 7.75. The van der Waals surface area contributed by atoms with Gasteiger partial charge in [-0.15, -0.1) is 11.8 Å². The molecule has 1 amide bonds. The Bertz CT molecular complexity index is 1260. The first-order valence-electron chi connectivity index (χ1n) is 9.37. The van der Waals surface area contributed by atoms with Crippen LogP contribution >= 0.6 is 11.8 Å². The first-order chi connectivity index (χ1) is 14.0. The summed E-state index contributed by atoms with van der Waals surface area (Å²) in [7, 11) is 1.62. The zero-order valence-electron chi connectivity index (χ0n) is 16.5. The average Bonchev–Trinajstić information content (AvgIpc) is 3.09. The van der Waals surface area contributed by atoms with Gasteiger partial charge >= 0.3 is 0 Å². The Morgan fingerprint density at radius 3 is 2.59 bits per heavy atom. The summed E-state index contributed by atoms with van der Waals surface area (Å²) in [6, 6.07) is 15.3. The third-order valence-electron chi connectivity index (χ3n) is 5.20. The van der Waals surface area contributed by atoms with E-state index >= 15 is 0 Å². The topological polar surface area (TPSA) is 68.9 Å². The molecule has 0 unspecified atom stereocenters. The number of rotatable bonds is 5. The molecule has 0 spiro atoms. The SMILES string of the molecule is CSc1ccc(CNC(=O)[C@@H](C)n2c3ccccc3c3cnn(C)c(=O)c32)cc1. The lowest BCUT2D eigenvalue weighted by molar-refractivity contribution is -0.123. The highest BCUT2D eigenvalue weighted by Gasteiger charge is 2.23. The number of aromatic nitrogens is 3. The zero-order valence-corrected chi connectivity index (χ0v) is 17.4. The molecule has 6 nitrogen and oxygen atoms in total. The van der Waals surface area contributed by atoms with Gasteiger partial charge in [0.25, 0.3) is 5.56 Å². The number of aryl methyl sites for hydroxylation is 1. The Hall–Kier alpha value is -3.06. The number of para-hydroxylation sites is 1. The molecule has 0 aliphatic heterocycles. The average molecular weight is 407 g/mol. The Balaban J connectivity index is 1.69. The lowest BCUT2D eigenvalue weighted by Gasteiger charge is -2.17. The van der Waals surface area contributed by atoms with Crippen molar-refractivity contribution in [1.82, 2.24) is 19.7 Å². The van der Waals surface area contributed by atoms with Crippen molar-refractivity contribution >= 4 is 39.5 Å². The van der Waals surface area contributed by atoms with Crippen LogP contribution in [-0.2, 0) is 18.4 Å². The maximum atomic E-state index is 13.0. The van der Waals surface area contributed by atoms with Gasteiger partial charge in [-0.1, -0.05) is 30.3 Å². The molecule has 4 rings (SSSR count). The minimum absolute atomic E-state index is 0.138. The van der Waals surface area contributed by atoms with Gasteiger partial charge in [0.2, 0.25) is 5.91 Å². The molecular weight excluding hydrogens is 384 g/mol. The van der Waals surface area contributed by atoms with E-state index in [2.05, 4.69) is 10.4 Å². The summed E-state index contributed by atoms with van der Waals surface area (Å²) in [5.41, 5.74) is 2.16. The van der Waals surface area contributed by atoms with Crippen LogP contribution < -0.4 is 10.9 Å². The highest BCUT2D eigenvalue weighted by Crippen LogP contribution is 2.29. The van der Waals surface area contributed by atoms with E-state index in [0.717, 1.165) is 21.9 Å². The summed E-state index contributed by atoms with van der Waals surface area (Å²) in [5, 5.41) is 8.83. The smallest absolute Gasteiger partial charge is 0.291 e. The van der Waals surface area contributed by atoms with E-state index in [1.807, 2.05) is 66.3 Å². The van der Waals surface area contributed by atoms with Crippen molar-refractivity contribution in [2.45, 2.75) is 24.4 Å². The van der Waals surface area contributed by atoms with Gasteiger partial charge < -0.3 is 9.88 Å². The molecule has 0 aliphatic rings. The van der Waals surface area contributed by atoms with Crippen LogP contribution in [0.3, 0.4) is 0 Å². The highest BCUT2D eigenvalue weighted by molar-refractivity contribution is 7.98. The van der Waals surface area contributed by atoms with E-state index in [-0.39, 0.29) is 11.5 Å². The van der Waals surface area contributed by atoms with Crippen LogP contribution in [0, 0.1) is 0 Å². The van der Waals surface area contributed by atoms with Gasteiger partial charge in [0, 0.05) is 29.3 Å². The first-order valence-corrected chi connectivity index (χ1v) is 10.6. The first kappa shape index (κ1) is 19.3. The van der Waals surface area contributed by atoms with E-state index in [4.69, 9.17) is 0 Å². The van der Waals surface area contributed by atoms with E-state index in [0.29, 0.717) is 12.1 Å². The minimum Gasteiger partial charge on any atom is -0.350 e.